The molecule has 2 N–H and O–H groups in total. The van der Waals surface area contributed by atoms with Crippen LogP contribution in [0.4, 0.5) is 6.01 Å². The normalized spacial score (nSPS) is 10.8. The number of nitrogens with zero attached hydrogens (tertiary/aromatic N) is 3. The maximum Gasteiger partial charge on any atom is 0.318 e. The number of carbonyl (C=O) groups is 1. The Labute approximate surface area is 98.8 Å². The van der Waals surface area contributed by atoms with Crippen molar-refractivity contribution >= 4 is 23.5 Å². The zero-order chi connectivity index (χ0) is 12.1. The highest BCUT2D eigenvalue weighted by Crippen LogP contribution is 2.15. The highest BCUT2D eigenvalue weighted by atomic mass is 35.5. The largest absolute Gasteiger partial charge is 0.408 e. The van der Waals surface area contributed by atoms with E-state index >= 15 is 0 Å². The van der Waals surface area contributed by atoms with Gasteiger partial charge in [0.2, 0.25) is 11.8 Å². The minimum atomic E-state index is -0.439. The Hall–Kier alpha value is -1.30. The molecular formula is C9H15ClN4O2. The molecule has 0 spiro atoms. The molecule has 90 valence electrons. The van der Waals surface area contributed by atoms with Crippen molar-refractivity contribution in [3.05, 3.63) is 5.89 Å². The van der Waals surface area contributed by atoms with Crippen LogP contribution in [-0.2, 0) is 11.2 Å². The predicted molar refractivity (Wildman–Crippen MR) is 60.4 cm³/mol. The quantitative estimate of drug-likeness (QED) is 0.741. The van der Waals surface area contributed by atoms with E-state index in [1.54, 1.807) is 4.90 Å². The van der Waals surface area contributed by atoms with Gasteiger partial charge in [-0.25, -0.2) is 0 Å². The number of nitrogens with two attached hydrogens (primary N) is 1. The molecule has 0 unspecified atom stereocenters. The van der Waals surface area contributed by atoms with E-state index in [4.69, 9.17) is 21.8 Å². The highest BCUT2D eigenvalue weighted by molar-refractivity contribution is 6.17. The Morgan fingerprint density at radius 1 is 1.56 bits per heavy atom. The number of anilines is 1. The van der Waals surface area contributed by atoms with Crippen LogP contribution in [0.25, 0.3) is 0 Å². The molecule has 7 heteroatoms. The van der Waals surface area contributed by atoms with Gasteiger partial charge in [0.05, 0.1) is 0 Å². The minimum Gasteiger partial charge on any atom is -0.408 e. The van der Waals surface area contributed by atoms with Gasteiger partial charge in [0.15, 0.2) is 0 Å². The Bertz CT molecular complexity index is 353. The van der Waals surface area contributed by atoms with Crippen LogP contribution in [0.1, 0.15) is 19.7 Å². The smallest absolute Gasteiger partial charge is 0.318 e. The molecule has 16 heavy (non-hydrogen) atoms. The number of alkyl halides is 1. The predicted octanol–water partition coefficient (Wildman–Crippen LogP) is 0.551. The molecule has 1 heterocycles. The number of carbonyl (C=O) groups excluding carboxylic acids is 1. The first-order valence-corrected chi connectivity index (χ1v) is 5.51. The number of hydrogen-bond donors (Lipinski definition) is 1. The monoisotopic (exact) mass is 246 g/mol. The maximum atomic E-state index is 10.9. The third kappa shape index (κ3) is 3.37. The van der Waals surface area contributed by atoms with E-state index in [0.717, 1.165) is 0 Å². The van der Waals surface area contributed by atoms with Gasteiger partial charge in [-0.15, -0.1) is 16.7 Å². The summed E-state index contributed by atoms with van der Waals surface area (Å²) < 4.78 is 5.36. The van der Waals surface area contributed by atoms with E-state index in [-0.39, 0.29) is 12.6 Å². The van der Waals surface area contributed by atoms with Crippen molar-refractivity contribution in [2.24, 2.45) is 5.73 Å². The molecule has 0 aliphatic heterocycles. The average molecular weight is 247 g/mol. The summed E-state index contributed by atoms with van der Waals surface area (Å²) in [7, 11) is 0. The fourth-order valence-corrected chi connectivity index (χ4v) is 1.34. The molecule has 6 nitrogen and oxygen atoms in total. The first-order valence-electron chi connectivity index (χ1n) is 4.98. The van der Waals surface area contributed by atoms with Gasteiger partial charge in [0, 0.05) is 18.3 Å². The van der Waals surface area contributed by atoms with Gasteiger partial charge in [-0.2, -0.15) is 0 Å². The molecule has 1 aromatic heterocycles. The van der Waals surface area contributed by atoms with Gasteiger partial charge in [-0.1, -0.05) is 5.10 Å². The molecule has 0 aromatic carbocycles. The second kappa shape index (κ2) is 5.69. The third-order valence-corrected chi connectivity index (χ3v) is 2.15. The molecule has 1 rings (SSSR count). The number of primary amides is 1. The zero-order valence-electron chi connectivity index (χ0n) is 9.31. The number of rotatable bonds is 6. The Morgan fingerprint density at radius 2 is 2.25 bits per heavy atom. The van der Waals surface area contributed by atoms with Crippen molar-refractivity contribution in [3.63, 3.8) is 0 Å². The SMILES string of the molecule is CC(C)N(CC(N)=O)c1nnc(CCCl)o1. The Balaban J connectivity index is 2.79. The third-order valence-electron chi connectivity index (χ3n) is 1.96. The topological polar surface area (TPSA) is 85.2 Å². The summed E-state index contributed by atoms with van der Waals surface area (Å²) in [6.45, 7) is 3.88. The first-order chi connectivity index (χ1) is 7.54. The second-order valence-electron chi connectivity index (χ2n) is 3.61. The molecule has 0 fully saturated rings. The van der Waals surface area contributed by atoms with Crippen molar-refractivity contribution < 1.29 is 9.21 Å². The number of halogens is 1. The standard InChI is InChI=1S/C9H15ClN4O2/c1-6(2)14(5-7(11)15)9-13-12-8(16-9)3-4-10/h6H,3-5H2,1-2H3,(H2,11,15). The van der Waals surface area contributed by atoms with Crippen LogP contribution in [0.15, 0.2) is 4.42 Å². The lowest BCUT2D eigenvalue weighted by molar-refractivity contribution is -0.116. The molecule has 0 aliphatic carbocycles. The van der Waals surface area contributed by atoms with Crippen molar-refractivity contribution in [1.82, 2.24) is 10.2 Å². The number of amides is 1. The molecule has 0 bridgehead atoms. The maximum absolute atomic E-state index is 10.9. The highest BCUT2D eigenvalue weighted by Gasteiger charge is 2.19. The second-order valence-corrected chi connectivity index (χ2v) is 3.98. The molecule has 0 radical (unpaired) electrons. The molecule has 1 aromatic rings. The molecule has 0 saturated carbocycles. The van der Waals surface area contributed by atoms with E-state index < -0.39 is 5.91 Å². The van der Waals surface area contributed by atoms with Crippen LogP contribution in [0.2, 0.25) is 0 Å². The van der Waals surface area contributed by atoms with Crippen LogP contribution >= 0.6 is 11.6 Å². The lowest BCUT2D eigenvalue weighted by Gasteiger charge is -2.22. The molecule has 0 atom stereocenters. The lowest BCUT2D eigenvalue weighted by Crippen LogP contribution is -2.38. The first kappa shape index (κ1) is 12.8. The van der Waals surface area contributed by atoms with Gasteiger partial charge in [0.1, 0.15) is 6.54 Å². The van der Waals surface area contributed by atoms with Crippen LogP contribution < -0.4 is 10.6 Å². The van der Waals surface area contributed by atoms with Crippen molar-refractivity contribution in [2.45, 2.75) is 26.3 Å². The van der Waals surface area contributed by atoms with Crippen molar-refractivity contribution in [3.8, 4) is 0 Å². The van der Waals surface area contributed by atoms with Gasteiger partial charge >= 0.3 is 6.01 Å². The van der Waals surface area contributed by atoms with Crippen LogP contribution in [0.3, 0.4) is 0 Å². The molecular weight excluding hydrogens is 232 g/mol. The molecule has 0 aliphatic rings. The fourth-order valence-electron chi connectivity index (χ4n) is 1.18. The van der Waals surface area contributed by atoms with Crippen LogP contribution in [0, 0.1) is 0 Å². The fraction of sp³-hybridized carbons (Fsp3) is 0.667. The summed E-state index contributed by atoms with van der Waals surface area (Å²) in [6, 6.07) is 0.353. The Morgan fingerprint density at radius 3 is 2.75 bits per heavy atom. The van der Waals surface area contributed by atoms with E-state index in [0.29, 0.717) is 24.2 Å². The summed E-state index contributed by atoms with van der Waals surface area (Å²) in [5.41, 5.74) is 5.14. The molecule has 1 amide bonds. The molecule has 0 saturated heterocycles. The van der Waals surface area contributed by atoms with E-state index in [1.165, 1.54) is 0 Å². The summed E-state index contributed by atoms with van der Waals surface area (Å²) >= 11 is 5.56. The average Bonchev–Trinajstić information content (AvgIpc) is 2.62. The van der Waals surface area contributed by atoms with Crippen LogP contribution in [-0.4, -0.2) is 34.6 Å². The van der Waals surface area contributed by atoms with Gasteiger partial charge in [-0.3, -0.25) is 4.79 Å². The zero-order valence-corrected chi connectivity index (χ0v) is 10.1. The lowest BCUT2D eigenvalue weighted by atomic mass is 10.3. The van der Waals surface area contributed by atoms with E-state index in [2.05, 4.69) is 10.2 Å². The summed E-state index contributed by atoms with van der Waals surface area (Å²) in [4.78, 5) is 12.5. The van der Waals surface area contributed by atoms with Crippen molar-refractivity contribution in [1.29, 1.82) is 0 Å². The van der Waals surface area contributed by atoms with E-state index in [9.17, 15) is 4.79 Å². The van der Waals surface area contributed by atoms with Crippen molar-refractivity contribution in [2.75, 3.05) is 17.3 Å². The van der Waals surface area contributed by atoms with Gasteiger partial charge in [-0.05, 0) is 13.8 Å². The van der Waals surface area contributed by atoms with Crippen LogP contribution in [0.5, 0.6) is 0 Å². The Kier molecular flexibility index (Phi) is 4.54. The summed E-state index contributed by atoms with van der Waals surface area (Å²) in [6.07, 6.45) is 0.511. The summed E-state index contributed by atoms with van der Waals surface area (Å²) in [5.74, 6) is 0.435. The van der Waals surface area contributed by atoms with E-state index in [1.807, 2.05) is 13.8 Å². The van der Waals surface area contributed by atoms with Gasteiger partial charge < -0.3 is 15.1 Å². The number of aromatic nitrogens is 2. The number of hydrogen-bond acceptors (Lipinski definition) is 5. The van der Waals surface area contributed by atoms with Gasteiger partial charge in [0.25, 0.3) is 0 Å². The summed E-state index contributed by atoms with van der Waals surface area (Å²) in [5, 5.41) is 7.67. The minimum absolute atomic E-state index is 0.0526. The number of aryl methyl sites for hydroxylation is 1.